The number of amides is 1. The van der Waals surface area contributed by atoms with Gasteiger partial charge in [-0.2, -0.15) is 0 Å². The lowest BCUT2D eigenvalue weighted by atomic mass is 10.1. The Bertz CT molecular complexity index is 521. The van der Waals surface area contributed by atoms with E-state index in [1.54, 1.807) is 24.5 Å². The minimum atomic E-state index is -1.01. The Labute approximate surface area is 111 Å². The van der Waals surface area contributed by atoms with Crippen LogP contribution in [-0.2, 0) is 16.0 Å². The molecule has 1 saturated heterocycles. The van der Waals surface area contributed by atoms with E-state index in [1.165, 1.54) is 4.90 Å². The molecule has 98 valence electrons. The topological polar surface area (TPSA) is 70.5 Å². The first-order chi connectivity index (χ1) is 9.11. The van der Waals surface area contributed by atoms with Crippen LogP contribution in [0.3, 0.4) is 0 Å². The molecule has 1 N–H and O–H groups in total. The Morgan fingerprint density at radius 3 is 2.79 bits per heavy atom. The van der Waals surface area contributed by atoms with Crippen LogP contribution >= 0.6 is 0 Å². The molecule has 1 aliphatic rings. The smallest absolute Gasteiger partial charge is 0.326 e. The summed E-state index contributed by atoms with van der Waals surface area (Å²) in [6.07, 6.45) is 9.00. The molecule has 19 heavy (non-hydrogen) atoms. The number of aliphatic carboxylic acids is 1. The van der Waals surface area contributed by atoms with Gasteiger partial charge in [0.15, 0.2) is 0 Å². The summed E-state index contributed by atoms with van der Waals surface area (Å²) >= 11 is 0. The normalized spacial score (nSPS) is 20.1. The van der Waals surface area contributed by atoms with E-state index in [0.717, 1.165) is 5.56 Å². The number of hydrogen-bond donors (Lipinski definition) is 1. The number of carboxylic acids is 1. The molecule has 0 aromatic carbocycles. The van der Waals surface area contributed by atoms with Crippen LogP contribution in [0.1, 0.15) is 12.0 Å². The molecule has 2 rings (SSSR count). The average molecular weight is 258 g/mol. The summed E-state index contributed by atoms with van der Waals surface area (Å²) in [5.41, 5.74) is 0.833. The first kappa shape index (κ1) is 13.1. The maximum absolute atomic E-state index is 11.8. The average Bonchev–Trinajstić information content (AvgIpc) is 2.78. The number of rotatable bonds is 4. The van der Waals surface area contributed by atoms with E-state index in [2.05, 4.69) is 10.9 Å². The number of terminal acetylenes is 1. The Morgan fingerprint density at radius 1 is 1.58 bits per heavy atom. The summed E-state index contributed by atoms with van der Waals surface area (Å²) < 4.78 is 0. The second kappa shape index (κ2) is 5.53. The zero-order valence-electron chi connectivity index (χ0n) is 10.3. The minimum Gasteiger partial charge on any atom is -0.480 e. The van der Waals surface area contributed by atoms with E-state index >= 15 is 0 Å². The molecule has 1 aromatic rings. The van der Waals surface area contributed by atoms with Gasteiger partial charge >= 0.3 is 5.97 Å². The number of hydrogen-bond acceptors (Lipinski definition) is 3. The summed E-state index contributed by atoms with van der Waals surface area (Å²) in [5.74, 6) is 1.13. The highest BCUT2D eigenvalue weighted by atomic mass is 16.4. The molecular weight excluding hydrogens is 244 g/mol. The fourth-order valence-electron chi connectivity index (χ4n) is 2.22. The van der Waals surface area contributed by atoms with E-state index in [9.17, 15) is 14.7 Å². The molecule has 0 bridgehead atoms. The summed E-state index contributed by atoms with van der Waals surface area (Å²) in [4.78, 5) is 28.5. The molecular formula is C14H14N2O3. The number of carboxylic acid groups (broad SMARTS) is 1. The van der Waals surface area contributed by atoms with Crippen LogP contribution in [0.2, 0.25) is 0 Å². The fraction of sp³-hybridized carbons (Fsp3) is 0.357. The van der Waals surface area contributed by atoms with E-state index in [1.807, 2.05) is 0 Å². The summed E-state index contributed by atoms with van der Waals surface area (Å²) in [5, 5.41) is 9.31. The van der Waals surface area contributed by atoms with Crippen molar-refractivity contribution in [1.82, 2.24) is 9.88 Å². The molecule has 2 heterocycles. The number of carbonyl (C=O) groups is 2. The molecule has 0 saturated carbocycles. The maximum Gasteiger partial charge on any atom is 0.326 e. The van der Waals surface area contributed by atoms with Gasteiger partial charge in [0.1, 0.15) is 6.04 Å². The molecule has 2 atom stereocenters. The van der Waals surface area contributed by atoms with Crippen LogP contribution in [-0.4, -0.2) is 39.5 Å². The molecule has 5 nitrogen and oxygen atoms in total. The van der Waals surface area contributed by atoms with Crippen molar-refractivity contribution in [3.8, 4) is 12.3 Å². The van der Waals surface area contributed by atoms with Crippen molar-refractivity contribution >= 4 is 11.9 Å². The summed E-state index contributed by atoms with van der Waals surface area (Å²) in [6.45, 7) is 0.317. The third-order valence-corrected chi connectivity index (χ3v) is 3.23. The zero-order valence-corrected chi connectivity index (χ0v) is 10.3. The zero-order chi connectivity index (χ0) is 13.8. The van der Waals surface area contributed by atoms with Crippen molar-refractivity contribution in [2.75, 3.05) is 6.54 Å². The third-order valence-electron chi connectivity index (χ3n) is 3.23. The van der Waals surface area contributed by atoms with Gasteiger partial charge in [-0.25, -0.2) is 4.79 Å². The maximum atomic E-state index is 11.8. The quantitative estimate of drug-likeness (QED) is 0.801. The Kier molecular flexibility index (Phi) is 3.81. The molecule has 0 spiro atoms. The SMILES string of the molecule is C#CC1CC(=O)N(C(Cc2ccncc2)C(=O)O)C1. The highest BCUT2D eigenvalue weighted by Gasteiger charge is 2.36. The predicted octanol–water partition coefficient (Wildman–Crippen LogP) is 0.559. The fourth-order valence-corrected chi connectivity index (χ4v) is 2.22. The largest absolute Gasteiger partial charge is 0.480 e. The van der Waals surface area contributed by atoms with Crippen LogP contribution in [0.15, 0.2) is 24.5 Å². The van der Waals surface area contributed by atoms with Crippen LogP contribution in [0.5, 0.6) is 0 Å². The molecule has 1 fully saturated rings. The van der Waals surface area contributed by atoms with Crippen LogP contribution in [0, 0.1) is 18.3 Å². The Balaban J connectivity index is 2.15. The van der Waals surface area contributed by atoms with Gasteiger partial charge in [0.05, 0.1) is 0 Å². The van der Waals surface area contributed by atoms with Crippen LogP contribution in [0.25, 0.3) is 0 Å². The van der Waals surface area contributed by atoms with Crippen molar-refractivity contribution in [3.05, 3.63) is 30.1 Å². The summed E-state index contributed by atoms with van der Waals surface area (Å²) in [7, 11) is 0. The van der Waals surface area contributed by atoms with Crippen LogP contribution < -0.4 is 0 Å². The first-order valence-electron chi connectivity index (χ1n) is 5.99. The standard InChI is InChI=1S/C14H14N2O3/c1-2-10-8-13(17)16(9-10)12(14(18)19)7-11-3-5-15-6-4-11/h1,3-6,10,12H,7-9H2,(H,18,19). The lowest BCUT2D eigenvalue weighted by Gasteiger charge is -2.24. The van der Waals surface area contributed by atoms with E-state index < -0.39 is 12.0 Å². The van der Waals surface area contributed by atoms with Crippen molar-refractivity contribution in [3.63, 3.8) is 0 Å². The van der Waals surface area contributed by atoms with Crippen molar-refractivity contribution in [2.45, 2.75) is 18.9 Å². The molecule has 1 amide bonds. The van der Waals surface area contributed by atoms with Gasteiger partial charge in [0.2, 0.25) is 5.91 Å². The number of likely N-dealkylation sites (tertiary alicyclic amines) is 1. The second-order valence-corrected chi connectivity index (χ2v) is 4.53. The molecule has 1 aliphatic heterocycles. The number of nitrogens with zero attached hydrogens (tertiary/aromatic N) is 2. The van der Waals surface area contributed by atoms with Gasteiger partial charge in [0, 0.05) is 37.7 Å². The minimum absolute atomic E-state index is 0.188. The number of carbonyl (C=O) groups excluding carboxylic acids is 1. The lowest BCUT2D eigenvalue weighted by Crippen LogP contribution is -2.43. The van der Waals surface area contributed by atoms with E-state index in [-0.39, 0.29) is 24.7 Å². The summed E-state index contributed by atoms with van der Waals surface area (Å²) in [6, 6.07) is 2.62. The van der Waals surface area contributed by atoms with Crippen LogP contribution in [0.4, 0.5) is 0 Å². The number of aromatic nitrogens is 1. The van der Waals surface area contributed by atoms with E-state index in [0.29, 0.717) is 6.54 Å². The van der Waals surface area contributed by atoms with Gasteiger partial charge in [-0.3, -0.25) is 9.78 Å². The van der Waals surface area contributed by atoms with E-state index in [4.69, 9.17) is 6.42 Å². The second-order valence-electron chi connectivity index (χ2n) is 4.53. The third kappa shape index (κ3) is 2.91. The van der Waals surface area contributed by atoms with Gasteiger partial charge < -0.3 is 10.0 Å². The van der Waals surface area contributed by atoms with Crippen molar-refractivity contribution < 1.29 is 14.7 Å². The van der Waals surface area contributed by atoms with Gasteiger partial charge in [-0.1, -0.05) is 0 Å². The molecule has 5 heteroatoms. The number of pyridine rings is 1. The first-order valence-corrected chi connectivity index (χ1v) is 5.99. The van der Waals surface area contributed by atoms with Crippen molar-refractivity contribution in [1.29, 1.82) is 0 Å². The van der Waals surface area contributed by atoms with Gasteiger partial charge in [-0.05, 0) is 17.7 Å². The highest BCUT2D eigenvalue weighted by Crippen LogP contribution is 2.21. The highest BCUT2D eigenvalue weighted by molar-refractivity contribution is 5.85. The molecule has 1 aromatic heterocycles. The lowest BCUT2D eigenvalue weighted by molar-refractivity contribution is -0.148. The molecule has 0 aliphatic carbocycles. The predicted molar refractivity (Wildman–Crippen MR) is 68.0 cm³/mol. The van der Waals surface area contributed by atoms with Gasteiger partial charge in [0.25, 0.3) is 0 Å². The Morgan fingerprint density at radius 2 is 2.26 bits per heavy atom. The molecule has 2 unspecified atom stereocenters. The van der Waals surface area contributed by atoms with Crippen molar-refractivity contribution in [2.24, 2.45) is 5.92 Å². The molecule has 0 radical (unpaired) electrons. The van der Waals surface area contributed by atoms with Gasteiger partial charge in [-0.15, -0.1) is 12.3 Å². The Hall–Kier alpha value is -2.35. The monoisotopic (exact) mass is 258 g/mol.